The van der Waals surface area contributed by atoms with Crippen LogP contribution < -0.4 is 0 Å². The number of carbonyl (C=O) groups is 1. The zero-order chi connectivity index (χ0) is 13.2. The van der Waals surface area contributed by atoms with E-state index in [1.54, 1.807) is 18.3 Å². The molecule has 1 N–H and O–H groups in total. The molecule has 1 aromatic heterocycles. The molecule has 0 bridgehead atoms. The van der Waals surface area contributed by atoms with Crippen LogP contribution in [0.5, 0.6) is 0 Å². The third kappa shape index (κ3) is 2.25. The minimum absolute atomic E-state index is 0.0656. The Labute approximate surface area is 111 Å². The standard InChI is InChI=1S/C15H14N2O2/c16-8-10-3-4-12-13(9-17-14(12)6-10)15(18)7-11-2-1-5-19-11/h3-4,6,9,11,17H,1-2,5,7H2. The number of carbonyl (C=O) groups excluding carboxylic acids is 1. The molecular formula is C15H14N2O2. The molecule has 1 aliphatic heterocycles. The molecule has 4 heteroatoms. The van der Waals surface area contributed by atoms with E-state index in [2.05, 4.69) is 11.1 Å². The number of hydrogen-bond donors (Lipinski definition) is 1. The first kappa shape index (κ1) is 11.9. The predicted molar refractivity (Wildman–Crippen MR) is 70.9 cm³/mol. The lowest BCUT2D eigenvalue weighted by Crippen LogP contribution is -2.12. The smallest absolute Gasteiger partial charge is 0.167 e. The Balaban J connectivity index is 1.88. The summed E-state index contributed by atoms with van der Waals surface area (Å²) >= 11 is 0. The number of Topliss-reactive ketones (excluding diaryl/α,β-unsaturated/α-hetero) is 1. The number of nitrogens with one attached hydrogen (secondary N) is 1. The summed E-state index contributed by atoms with van der Waals surface area (Å²) in [6.45, 7) is 0.761. The van der Waals surface area contributed by atoms with Crippen molar-refractivity contribution >= 4 is 16.7 Å². The van der Waals surface area contributed by atoms with E-state index < -0.39 is 0 Å². The van der Waals surface area contributed by atoms with Crippen molar-refractivity contribution in [3.8, 4) is 6.07 Å². The van der Waals surface area contributed by atoms with Crippen LogP contribution in [-0.2, 0) is 4.74 Å². The highest BCUT2D eigenvalue weighted by molar-refractivity contribution is 6.08. The van der Waals surface area contributed by atoms with Gasteiger partial charge in [0.05, 0.1) is 17.7 Å². The third-order valence-corrected chi connectivity index (χ3v) is 3.55. The fourth-order valence-corrected chi connectivity index (χ4v) is 2.55. The minimum Gasteiger partial charge on any atom is -0.378 e. The van der Waals surface area contributed by atoms with E-state index in [1.165, 1.54) is 0 Å². The van der Waals surface area contributed by atoms with Gasteiger partial charge in [-0.05, 0) is 25.0 Å². The van der Waals surface area contributed by atoms with Crippen LogP contribution in [0.4, 0.5) is 0 Å². The van der Waals surface area contributed by atoms with Crippen LogP contribution >= 0.6 is 0 Å². The highest BCUT2D eigenvalue weighted by Crippen LogP contribution is 2.23. The summed E-state index contributed by atoms with van der Waals surface area (Å²) in [5.41, 5.74) is 2.11. The third-order valence-electron chi connectivity index (χ3n) is 3.55. The quantitative estimate of drug-likeness (QED) is 0.856. The predicted octanol–water partition coefficient (Wildman–Crippen LogP) is 2.79. The van der Waals surface area contributed by atoms with Gasteiger partial charge in [0, 0.05) is 35.7 Å². The number of nitrogens with zero attached hydrogens (tertiary/aromatic N) is 1. The van der Waals surface area contributed by atoms with E-state index in [0.717, 1.165) is 30.4 Å². The summed E-state index contributed by atoms with van der Waals surface area (Å²) < 4.78 is 5.50. The molecule has 19 heavy (non-hydrogen) atoms. The first-order valence-corrected chi connectivity index (χ1v) is 6.44. The van der Waals surface area contributed by atoms with E-state index in [0.29, 0.717) is 17.5 Å². The number of benzene rings is 1. The lowest BCUT2D eigenvalue weighted by Gasteiger charge is -2.07. The average Bonchev–Trinajstić information content (AvgIpc) is 3.06. The number of aromatic amines is 1. The Kier molecular flexibility index (Phi) is 3.06. The molecule has 0 amide bonds. The van der Waals surface area contributed by atoms with E-state index in [1.807, 2.05) is 6.07 Å². The Bertz CT molecular complexity index is 660. The van der Waals surface area contributed by atoms with Gasteiger partial charge >= 0.3 is 0 Å². The van der Waals surface area contributed by atoms with Gasteiger partial charge in [-0.25, -0.2) is 0 Å². The van der Waals surface area contributed by atoms with Gasteiger partial charge in [0.25, 0.3) is 0 Å². The Hall–Kier alpha value is -2.12. The Morgan fingerprint density at radius 1 is 1.53 bits per heavy atom. The first-order valence-electron chi connectivity index (χ1n) is 6.44. The minimum atomic E-state index is 0.0656. The normalized spacial score (nSPS) is 18.6. The van der Waals surface area contributed by atoms with Crippen LogP contribution in [0.3, 0.4) is 0 Å². The van der Waals surface area contributed by atoms with Gasteiger partial charge in [0.1, 0.15) is 0 Å². The summed E-state index contributed by atoms with van der Waals surface area (Å²) in [5.74, 6) is 0.0999. The van der Waals surface area contributed by atoms with Gasteiger partial charge in [0.15, 0.2) is 5.78 Å². The van der Waals surface area contributed by atoms with Gasteiger partial charge in [0.2, 0.25) is 0 Å². The second-order valence-corrected chi connectivity index (χ2v) is 4.84. The molecule has 1 unspecified atom stereocenters. The second kappa shape index (κ2) is 4.87. The number of ketones is 1. The fourth-order valence-electron chi connectivity index (χ4n) is 2.55. The van der Waals surface area contributed by atoms with Gasteiger partial charge in [-0.15, -0.1) is 0 Å². The summed E-state index contributed by atoms with van der Waals surface area (Å²) in [6.07, 6.45) is 4.23. The van der Waals surface area contributed by atoms with Crippen LogP contribution in [0.1, 0.15) is 35.2 Å². The Morgan fingerprint density at radius 2 is 2.42 bits per heavy atom. The molecule has 2 aromatic rings. The maximum absolute atomic E-state index is 12.3. The zero-order valence-corrected chi connectivity index (χ0v) is 10.5. The number of nitriles is 1. The number of fused-ring (bicyclic) bond motifs is 1. The van der Waals surface area contributed by atoms with E-state index >= 15 is 0 Å². The first-order chi connectivity index (χ1) is 9.28. The number of rotatable bonds is 3. The van der Waals surface area contributed by atoms with Gasteiger partial charge in [-0.3, -0.25) is 4.79 Å². The molecule has 2 heterocycles. The molecule has 1 saturated heterocycles. The van der Waals surface area contributed by atoms with E-state index in [4.69, 9.17) is 10.00 Å². The molecular weight excluding hydrogens is 240 g/mol. The van der Waals surface area contributed by atoms with Crippen LogP contribution in [0, 0.1) is 11.3 Å². The maximum Gasteiger partial charge on any atom is 0.167 e. The molecule has 0 aliphatic carbocycles. The zero-order valence-electron chi connectivity index (χ0n) is 10.5. The fraction of sp³-hybridized carbons (Fsp3) is 0.333. The summed E-state index contributed by atoms with van der Waals surface area (Å²) in [5, 5.41) is 9.73. The van der Waals surface area contributed by atoms with Crippen molar-refractivity contribution in [1.82, 2.24) is 4.98 Å². The van der Waals surface area contributed by atoms with Crippen LogP contribution in [0.2, 0.25) is 0 Å². The number of hydrogen-bond acceptors (Lipinski definition) is 3. The summed E-state index contributed by atoms with van der Waals surface area (Å²) in [6, 6.07) is 7.42. The molecule has 1 fully saturated rings. The molecule has 0 spiro atoms. The SMILES string of the molecule is N#Cc1ccc2c(C(=O)CC3CCCO3)c[nH]c2c1. The van der Waals surface area contributed by atoms with Gasteiger partial charge in [-0.1, -0.05) is 6.07 Å². The highest BCUT2D eigenvalue weighted by Gasteiger charge is 2.21. The Morgan fingerprint density at radius 3 is 3.16 bits per heavy atom. The monoisotopic (exact) mass is 254 g/mol. The summed E-state index contributed by atoms with van der Waals surface area (Å²) in [4.78, 5) is 15.3. The number of H-pyrrole nitrogens is 1. The number of aromatic nitrogens is 1. The van der Waals surface area contributed by atoms with Crippen LogP contribution in [0.15, 0.2) is 24.4 Å². The van der Waals surface area contributed by atoms with Crippen molar-refractivity contribution in [3.63, 3.8) is 0 Å². The largest absolute Gasteiger partial charge is 0.378 e. The molecule has 0 radical (unpaired) electrons. The summed E-state index contributed by atoms with van der Waals surface area (Å²) in [7, 11) is 0. The molecule has 1 aliphatic rings. The lowest BCUT2D eigenvalue weighted by atomic mass is 10.0. The van der Waals surface area contributed by atoms with E-state index in [9.17, 15) is 4.79 Å². The molecule has 96 valence electrons. The topological polar surface area (TPSA) is 65.9 Å². The molecule has 1 atom stereocenters. The van der Waals surface area contributed by atoms with Crippen molar-refractivity contribution in [2.45, 2.75) is 25.4 Å². The van der Waals surface area contributed by atoms with Crippen molar-refractivity contribution < 1.29 is 9.53 Å². The van der Waals surface area contributed by atoms with Crippen LogP contribution in [0.25, 0.3) is 10.9 Å². The van der Waals surface area contributed by atoms with E-state index in [-0.39, 0.29) is 11.9 Å². The number of ether oxygens (including phenoxy) is 1. The van der Waals surface area contributed by atoms with Crippen LogP contribution in [-0.4, -0.2) is 23.5 Å². The van der Waals surface area contributed by atoms with Crippen molar-refractivity contribution in [1.29, 1.82) is 5.26 Å². The second-order valence-electron chi connectivity index (χ2n) is 4.84. The van der Waals surface area contributed by atoms with Crippen molar-refractivity contribution in [3.05, 3.63) is 35.5 Å². The van der Waals surface area contributed by atoms with Gasteiger partial charge in [-0.2, -0.15) is 5.26 Å². The molecule has 3 rings (SSSR count). The molecule has 4 nitrogen and oxygen atoms in total. The van der Waals surface area contributed by atoms with Gasteiger partial charge < -0.3 is 9.72 Å². The molecule has 0 saturated carbocycles. The molecule has 1 aromatic carbocycles. The lowest BCUT2D eigenvalue weighted by molar-refractivity contribution is 0.0777. The maximum atomic E-state index is 12.3. The highest BCUT2D eigenvalue weighted by atomic mass is 16.5. The average molecular weight is 254 g/mol. The van der Waals surface area contributed by atoms with Crippen molar-refractivity contribution in [2.75, 3.05) is 6.61 Å². The van der Waals surface area contributed by atoms with Crippen molar-refractivity contribution in [2.24, 2.45) is 0 Å².